The minimum Gasteiger partial charge on any atom is -0.388 e. The molecule has 0 saturated carbocycles. The van der Waals surface area contributed by atoms with Crippen LogP contribution in [-0.2, 0) is 6.42 Å². The van der Waals surface area contributed by atoms with Crippen molar-refractivity contribution in [1.29, 1.82) is 0 Å². The lowest BCUT2D eigenvalue weighted by atomic mass is 10.0. The number of aliphatic hydroxyl groups excluding tert-OH is 1. The van der Waals surface area contributed by atoms with Gasteiger partial charge in [0.25, 0.3) is 0 Å². The summed E-state index contributed by atoms with van der Waals surface area (Å²) >= 11 is 1.66. The Morgan fingerprint density at radius 3 is 2.84 bits per heavy atom. The molecule has 0 aliphatic carbocycles. The van der Waals surface area contributed by atoms with E-state index in [1.54, 1.807) is 17.5 Å². The van der Waals surface area contributed by atoms with Gasteiger partial charge in [-0.15, -0.1) is 11.3 Å². The van der Waals surface area contributed by atoms with E-state index in [9.17, 15) is 5.11 Å². The maximum atomic E-state index is 10.2. The maximum absolute atomic E-state index is 10.2. The van der Waals surface area contributed by atoms with Crippen LogP contribution in [0, 0.1) is 0 Å². The average Bonchev–Trinajstić information content (AvgIpc) is 2.93. The summed E-state index contributed by atoms with van der Waals surface area (Å²) in [5, 5.41) is 12.3. The molecular formula is C16H15NOS. The third-order valence-corrected chi connectivity index (χ3v) is 4.11. The van der Waals surface area contributed by atoms with Crippen molar-refractivity contribution in [3.05, 3.63) is 65.2 Å². The van der Waals surface area contributed by atoms with E-state index >= 15 is 0 Å². The zero-order valence-corrected chi connectivity index (χ0v) is 11.3. The average molecular weight is 269 g/mol. The molecule has 0 aliphatic rings. The molecule has 0 saturated heterocycles. The molecule has 19 heavy (non-hydrogen) atoms. The SMILES string of the molecule is OC(CCc1ccccc1)c1cnc2ccsc2c1. The molecule has 1 N–H and O–H groups in total. The van der Waals surface area contributed by atoms with E-state index in [1.165, 1.54) is 5.56 Å². The van der Waals surface area contributed by atoms with E-state index in [-0.39, 0.29) is 0 Å². The number of aryl methyl sites for hydroxylation is 1. The molecule has 0 radical (unpaired) electrons. The van der Waals surface area contributed by atoms with Crippen LogP contribution in [0.5, 0.6) is 0 Å². The normalized spacial score (nSPS) is 12.7. The fraction of sp³-hybridized carbons (Fsp3) is 0.188. The number of aromatic nitrogens is 1. The first-order valence-corrected chi connectivity index (χ1v) is 7.26. The molecule has 1 aromatic carbocycles. The van der Waals surface area contributed by atoms with E-state index in [0.717, 1.165) is 28.6 Å². The zero-order chi connectivity index (χ0) is 13.1. The van der Waals surface area contributed by atoms with Gasteiger partial charge in [-0.2, -0.15) is 0 Å². The van der Waals surface area contributed by atoms with Gasteiger partial charge in [-0.1, -0.05) is 30.3 Å². The molecule has 0 amide bonds. The minimum absolute atomic E-state index is 0.445. The van der Waals surface area contributed by atoms with E-state index in [0.29, 0.717) is 0 Å². The number of pyridine rings is 1. The molecule has 3 heteroatoms. The highest BCUT2D eigenvalue weighted by Gasteiger charge is 2.09. The van der Waals surface area contributed by atoms with Gasteiger partial charge in [0.15, 0.2) is 0 Å². The smallest absolute Gasteiger partial charge is 0.0809 e. The summed E-state index contributed by atoms with van der Waals surface area (Å²) in [4.78, 5) is 4.37. The van der Waals surface area contributed by atoms with Gasteiger partial charge in [-0.3, -0.25) is 4.98 Å². The summed E-state index contributed by atoms with van der Waals surface area (Å²) in [5.41, 5.74) is 3.17. The van der Waals surface area contributed by atoms with Crippen LogP contribution in [-0.4, -0.2) is 10.1 Å². The number of thiophene rings is 1. The first-order valence-electron chi connectivity index (χ1n) is 6.38. The van der Waals surface area contributed by atoms with Crippen molar-refractivity contribution >= 4 is 21.6 Å². The molecule has 0 spiro atoms. The predicted octanol–water partition coefficient (Wildman–Crippen LogP) is 3.96. The molecule has 96 valence electrons. The molecule has 1 unspecified atom stereocenters. The Morgan fingerprint density at radius 1 is 1.16 bits per heavy atom. The van der Waals surface area contributed by atoms with E-state index in [2.05, 4.69) is 17.1 Å². The molecule has 3 aromatic rings. The Hall–Kier alpha value is -1.71. The van der Waals surface area contributed by atoms with E-state index < -0.39 is 6.10 Å². The summed E-state index contributed by atoms with van der Waals surface area (Å²) in [6.07, 6.45) is 2.94. The third kappa shape index (κ3) is 2.83. The van der Waals surface area contributed by atoms with Crippen LogP contribution >= 0.6 is 11.3 Å². The van der Waals surface area contributed by atoms with Crippen molar-refractivity contribution in [2.24, 2.45) is 0 Å². The van der Waals surface area contributed by atoms with Crippen molar-refractivity contribution in [1.82, 2.24) is 4.98 Å². The Morgan fingerprint density at radius 2 is 2.00 bits per heavy atom. The Labute approximate surface area is 116 Å². The quantitative estimate of drug-likeness (QED) is 0.777. The van der Waals surface area contributed by atoms with Gasteiger partial charge >= 0.3 is 0 Å². The summed E-state index contributed by atoms with van der Waals surface area (Å²) in [6.45, 7) is 0. The highest BCUT2D eigenvalue weighted by atomic mass is 32.1. The monoisotopic (exact) mass is 269 g/mol. The number of hydrogen-bond donors (Lipinski definition) is 1. The van der Waals surface area contributed by atoms with Gasteiger partial charge in [0.05, 0.1) is 16.3 Å². The number of nitrogens with zero attached hydrogens (tertiary/aromatic N) is 1. The largest absolute Gasteiger partial charge is 0.388 e. The van der Waals surface area contributed by atoms with Crippen LogP contribution < -0.4 is 0 Å². The molecule has 1 atom stereocenters. The first-order chi connectivity index (χ1) is 9.33. The second-order valence-electron chi connectivity index (χ2n) is 4.61. The minimum atomic E-state index is -0.445. The van der Waals surface area contributed by atoms with Crippen LogP contribution in [0.1, 0.15) is 23.7 Å². The third-order valence-electron chi connectivity index (χ3n) is 3.26. The number of benzene rings is 1. The lowest BCUT2D eigenvalue weighted by Crippen LogP contribution is -2.00. The van der Waals surface area contributed by atoms with Crippen LogP contribution in [0.3, 0.4) is 0 Å². The second-order valence-corrected chi connectivity index (χ2v) is 5.56. The molecule has 0 bridgehead atoms. The molecular weight excluding hydrogens is 254 g/mol. The number of aliphatic hydroxyl groups is 1. The fourth-order valence-electron chi connectivity index (χ4n) is 2.16. The van der Waals surface area contributed by atoms with Gasteiger partial charge < -0.3 is 5.11 Å². The van der Waals surface area contributed by atoms with Gasteiger partial charge in [-0.25, -0.2) is 0 Å². The molecule has 0 aliphatic heterocycles. The molecule has 3 rings (SSSR count). The zero-order valence-electron chi connectivity index (χ0n) is 10.5. The Kier molecular flexibility index (Phi) is 3.58. The number of hydrogen-bond acceptors (Lipinski definition) is 3. The van der Waals surface area contributed by atoms with Crippen LogP contribution in [0.4, 0.5) is 0 Å². The summed E-state index contributed by atoms with van der Waals surface area (Å²) in [5.74, 6) is 0. The van der Waals surface area contributed by atoms with Gasteiger partial charge in [0.2, 0.25) is 0 Å². The first kappa shape index (κ1) is 12.3. The van der Waals surface area contributed by atoms with Crippen molar-refractivity contribution in [2.75, 3.05) is 0 Å². The molecule has 2 nitrogen and oxygen atoms in total. The van der Waals surface area contributed by atoms with Gasteiger partial charge in [0.1, 0.15) is 0 Å². The lowest BCUT2D eigenvalue weighted by molar-refractivity contribution is 0.167. The Bertz CT molecular complexity index is 663. The van der Waals surface area contributed by atoms with Crippen molar-refractivity contribution in [2.45, 2.75) is 18.9 Å². The highest BCUT2D eigenvalue weighted by molar-refractivity contribution is 7.17. The topological polar surface area (TPSA) is 33.1 Å². The van der Waals surface area contributed by atoms with Crippen LogP contribution in [0.2, 0.25) is 0 Å². The Balaban J connectivity index is 1.71. The molecule has 2 heterocycles. The standard InChI is InChI=1S/C16H15NOS/c18-15(7-6-12-4-2-1-3-5-12)13-10-16-14(17-11-13)8-9-19-16/h1-5,8-11,15,18H,6-7H2. The predicted molar refractivity (Wildman–Crippen MR) is 79.3 cm³/mol. The van der Waals surface area contributed by atoms with Crippen molar-refractivity contribution < 1.29 is 5.11 Å². The summed E-state index contributed by atoms with van der Waals surface area (Å²) in [7, 11) is 0. The van der Waals surface area contributed by atoms with Crippen molar-refractivity contribution in [3.8, 4) is 0 Å². The number of rotatable bonds is 4. The van der Waals surface area contributed by atoms with Crippen LogP contribution in [0.15, 0.2) is 54.0 Å². The van der Waals surface area contributed by atoms with E-state index in [4.69, 9.17) is 0 Å². The van der Waals surface area contributed by atoms with E-state index in [1.807, 2.05) is 35.7 Å². The summed E-state index contributed by atoms with van der Waals surface area (Å²) in [6, 6.07) is 14.3. The number of fused-ring (bicyclic) bond motifs is 1. The molecule has 2 aromatic heterocycles. The van der Waals surface area contributed by atoms with Crippen molar-refractivity contribution in [3.63, 3.8) is 0 Å². The summed E-state index contributed by atoms with van der Waals surface area (Å²) < 4.78 is 1.14. The lowest BCUT2D eigenvalue weighted by Gasteiger charge is -2.10. The molecule has 0 fully saturated rings. The van der Waals surface area contributed by atoms with Gasteiger partial charge in [-0.05, 0) is 35.9 Å². The van der Waals surface area contributed by atoms with Gasteiger partial charge in [0, 0.05) is 11.8 Å². The van der Waals surface area contributed by atoms with Crippen LogP contribution in [0.25, 0.3) is 10.2 Å². The highest BCUT2D eigenvalue weighted by Crippen LogP contribution is 2.25. The second kappa shape index (κ2) is 5.51. The fourth-order valence-corrected chi connectivity index (χ4v) is 2.95. The maximum Gasteiger partial charge on any atom is 0.0809 e.